The number of alkyl halides is 1. The third-order valence-electron chi connectivity index (χ3n) is 13.2. The van der Waals surface area contributed by atoms with E-state index in [-0.39, 0.29) is 67.2 Å². The second kappa shape index (κ2) is 17.7. The fourth-order valence-electron chi connectivity index (χ4n) is 10.2. The molecule has 1 aromatic heterocycles. The van der Waals surface area contributed by atoms with E-state index < -0.39 is 32.3 Å². The molecule has 15 heteroatoms. The fourth-order valence-corrected chi connectivity index (χ4v) is 11.8. The van der Waals surface area contributed by atoms with Gasteiger partial charge in [0.15, 0.2) is 15.5 Å². The van der Waals surface area contributed by atoms with Crippen LogP contribution in [0.25, 0.3) is 0 Å². The molecule has 2 aromatic carbocycles. The Kier molecular flexibility index (Phi) is 12.8. The highest BCUT2D eigenvalue weighted by molar-refractivity contribution is 7.92. The minimum atomic E-state index is -3.62. The number of sulfone groups is 1. The van der Waals surface area contributed by atoms with Crippen LogP contribution in [-0.2, 0) is 37.7 Å². The van der Waals surface area contributed by atoms with Crippen LogP contribution in [0.3, 0.4) is 0 Å². The zero-order chi connectivity index (χ0) is 42.0. The van der Waals surface area contributed by atoms with Crippen molar-refractivity contribution >= 4 is 27.5 Å². The van der Waals surface area contributed by atoms with Gasteiger partial charge in [0.2, 0.25) is 5.91 Å². The summed E-state index contributed by atoms with van der Waals surface area (Å²) in [6.07, 6.45) is 11.5. The zero-order valence-corrected chi connectivity index (χ0v) is 35.5. The lowest BCUT2D eigenvalue weighted by molar-refractivity contribution is -0.129. The number of imidazole rings is 1. The quantitative estimate of drug-likeness (QED) is 0.209. The van der Waals surface area contributed by atoms with E-state index in [0.717, 1.165) is 55.6 Å². The molecular formula is C44H59F2N7O5S. The molecule has 1 aliphatic carbocycles. The van der Waals surface area contributed by atoms with Crippen molar-refractivity contribution in [2.24, 2.45) is 11.8 Å². The molecular weight excluding hydrogens is 777 g/mol. The fraction of sp³-hybridized carbons (Fsp3) is 0.568. The Morgan fingerprint density at radius 2 is 1.80 bits per heavy atom. The van der Waals surface area contributed by atoms with Crippen LogP contribution in [0.15, 0.2) is 78.0 Å². The Labute approximate surface area is 347 Å². The predicted octanol–water partition coefficient (Wildman–Crippen LogP) is 5.09. The first kappa shape index (κ1) is 42.8. The molecule has 0 spiro atoms. The number of benzene rings is 2. The smallest absolute Gasteiger partial charge is 0.407 e. The summed E-state index contributed by atoms with van der Waals surface area (Å²) in [5, 5.41) is 2.48. The molecule has 4 fully saturated rings. The normalized spacial score (nSPS) is 22.6. The highest BCUT2D eigenvalue weighted by Gasteiger charge is 2.53. The Hall–Kier alpha value is -4.34. The van der Waals surface area contributed by atoms with Crippen molar-refractivity contribution in [2.45, 2.75) is 79.3 Å². The minimum absolute atomic E-state index is 0.00855. The lowest BCUT2D eigenvalue weighted by atomic mass is 9.58. The maximum Gasteiger partial charge on any atom is 0.407 e. The number of nitrogens with zero attached hydrogens (tertiary/aromatic N) is 6. The van der Waals surface area contributed by atoms with Crippen molar-refractivity contribution in [1.82, 2.24) is 29.6 Å². The zero-order valence-electron chi connectivity index (χ0n) is 34.7. The van der Waals surface area contributed by atoms with Crippen LogP contribution < -0.4 is 10.2 Å². The van der Waals surface area contributed by atoms with Crippen LogP contribution in [0.2, 0.25) is 0 Å². The molecule has 1 saturated carbocycles. The molecule has 3 saturated heterocycles. The Morgan fingerprint density at radius 1 is 1.07 bits per heavy atom. The molecule has 59 heavy (non-hydrogen) atoms. The molecule has 0 radical (unpaired) electrons. The van der Waals surface area contributed by atoms with Crippen molar-refractivity contribution < 1.29 is 31.5 Å². The number of nitrogens with one attached hydrogen (secondary N) is 1. The first-order chi connectivity index (χ1) is 28.2. The van der Waals surface area contributed by atoms with Crippen molar-refractivity contribution in [2.75, 3.05) is 78.5 Å². The number of hydrogen-bond acceptors (Lipinski definition) is 9. The largest absolute Gasteiger partial charge is 0.453 e. The van der Waals surface area contributed by atoms with Gasteiger partial charge in [-0.05, 0) is 107 Å². The van der Waals surface area contributed by atoms with Crippen molar-refractivity contribution in [1.29, 1.82) is 0 Å². The van der Waals surface area contributed by atoms with Crippen LogP contribution >= 0.6 is 0 Å². The molecule has 0 bridgehead atoms. The number of hydrogen-bond donors (Lipinski definition) is 1. The molecule has 7 rings (SSSR count). The summed E-state index contributed by atoms with van der Waals surface area (Å²) < 4.78 is 65.5. The van der Waals surface area contributed by atoms with Gasteiger partial charge in [0.25, 0.3) is 0 Å². The number of likely N-dealkylation sites (tertiary alicyclic amines) is 2. The Morgan fingerprint density at radius 3 is 2.46 bits per heavy atom. The molecule has 1 unspecified atom stereocenters. The molecule has 12 nitrogen and oxygen atoms in total. The van der Waals surface area contributed by atoms with Gasteiger partial charge in [0.05, 0.1) is 25.1 Å². The molecule has 3 aliphatic heterocycles. The van der Waals surface area contributed by atoms with Gasteiger partial charge in [0, 0.05) is 74.8 Å². The van der Waals surface area contributed by atoms with E-state index in [4.69, 9.17) is 4.74 Å². The van der Waals surface area contributed by atoms with E-state index in [2.05, 4.69) is 26.7 Å². The van der Waals surface area contributed by atoms with Crippen molar-refractivity contribution in [3.05, 3.63) is 90.3 Å². The molecule has 320 valence electrons. The topological polar surface area (TPSA) is 120 Å². The number of rotatable bonds is 15. The molecule has 1 N–H and O–H groups in total. The number of alkyl carbamates (subject to hydrolysis) is 1. The number of likely N-dealkylation sites (N-methyl/N-ethyl adjacent to an activating group) is 1. The van der Waals surface area contributed by atoms with E-state index in [1.165, 1.54) is 24.2 Å². The van der Waals surface area contributed by atoms with E-state index >= 15 is 8.78 Å². The summed E-state index contributed by atoms with van der Waals surface area (Å²) in [6.45, 7) is 5.67. The Balaban J connectivity index is 1.000. The van der Waals surface area contributed by atoms with E-state index in [1.54, 1.807) is 42.5 Å². The third kappa shape index (κ3) is 9.07. The molecule has 3 aromatic rings. The minimum Gasteiger partial charge on any atom is -0.453 e. The lowest BCUT2D eigenvalue weighted by Crippen LogP contribution is -2.64. The SMILES string of the molecule is CCc1nccn1CC(c1cccc(F)c1)(C1CCN(CC2(F)CN(c3ccc(S(=O)(=O)C4CN(C(=O)/C=C/CN(C)C)C4)cc3)C2)CC1)[C@H]1CCC[C@@H]1NC(=O)OC. The van der Waals surface area contributed by atoms with Crippen LogP contribution in [0, 0.1) is 17.7 Å². The van der Waals surface area contributed by atoms with E-state index in [9.17, 15) is 18.0 Å². The number of ether oxygens (including phenoxy) is 1. The number of piperidine rings is 1. The van der Waals surface area contributed by atoms with E-state index in [1.807, 2.05) is 42.4 Å². The average Bonchev–Trinajstić information content (AvgIpc) is 3.84. The standard InChI is InChI=1S/C44H59F2N7O5S/c1-5-40-47-20-24-51(40)31-44(33-9-6-10-34(45)25-33,38-11-7-12-39(38)48-42(55)58-4)32-18-22-50(23-19-32)28-43(46)29-53(30-43)35-14-16-36(17-15-35)59(56,57)37-26-52(27-37)41(54)13-8-21-49(2)3/h6,8-10,13-17,20,24-25,32,37-39H,5,7,11-12,18-19,21-23,26-31H2,1-4H3,(H,48,55)/b13-8+/t38-,39-,44?/m0/s1. The van der Waals surface area contributed by atoms with Gasteiger partial charge in [-0.3, -0.25) is 9.69 Å². The molecule has 4 heterocycles. The summed E-state index contributed by atoms with van der Waals surface area (Å²) in [4.78, 5) is 37.5. The maximum atomic E-state index is 16.4. The molecule has 4 aliphatic rings. The lowest BCUT2D eigenvalue weighted by Gasteiger charge is -2.52. The monoisotopic (exact) mass is 835 g/mol. The number of amides is 2. The van der Waals surface area contributed by atoms with Crippen LogP contribution in [0.1, 0.15) is 50.4 Å². The number of anilines is 1. The molecule has 3 atom stereocenters. The van der Waals surface area contributed by atoms with Gasteiger partial charge < -0.3 is 29.3 Å². The second-order valence-corrected chi connectivity index (χ2v) is 19.5. The maximum absolute atomic E-state index is 16.4. The highest BCUT2D eigenvalue weighted by atomic mass is 32.2. The number of carbonyl (C=O) groups excluding carboxylic acids is 2. The number of methoxy groups -OCH3 is 1. The van der Waals surface area contributed by atoms with Gasteiger partial charge in [-0.2, -0.15) is 0 Å². The van der Waals surface area contributed by atoms with Gasteiger partial charge in [0.1, 0.15) is 16.9 Å². The summed E-state index contributed by atoms with van der Waals surface area (Å²) in [5.41, 5.74) is -0.280. The first-order valence-corrected chi connectivity index (χ1v) is 22.5. The van der Waals surface area contributed by atoms with Crippen LogP contribution in [-0.4, -0.2) is 135 Å². The van der Waals surface area contributed by atoms with Crippen molar-refractivity contribution in [3.8, 4) is 0 Å². The van der Waals surface area contributed by atoms with Crippen LogP contribution in [0.5, 0.6) is 0 Å². The highest BCUT2D eigenvalue weighted by Crippen LogP contribution is 2.52. The van der Waals surface area contributed by atoms with Gasteiger partial charge >= 0.3 is 6.09 Å². The summed E-state index contributed by atoms with van der Waals surface area (Å²) in [6, 6.07) is 13.5. The number of halogens is 2. The summed E-state index contributed by atoms with van der Waals surface area (Å²) in [5.74, 6) is 0.592. The van der Waals surface area contributed by atoms with Gasteiger partial charge in [-0.25, -0.2) is 27.0 Å². The predicted molar refractivity (Wildman–Crippen MR) is 223 cm³/mol. The number of carbonyl (C=O) groups is 2. The Bertz CT molecular complexity index is 2080. The van der Waals surface area contributed by atoms with Gasteiger partial charge in [-0.1, -0.05) is 31.6 Å². The average molecular weight is 836 g/mol. The number of aromatic nitrogens is 2. The summed E-state index contributed by atoms with van der Waals surface area (Å²) in [7, 11) is 1.57. The first-order valence-electron chi connectivity index (χ1n) is 21.0. The summed E-state index contributed by atoms with van der Waals surface area (Å²) >= 11 is 0. The number of aryl methyl sites for hydroxylation is 1. The van der Waals surface area contributed by atoms with Gasteiger partial charge in [-0.15, -0.1) is 0 Å². The molecule has 2 amide bonds. The second-order valence-electron chi connectivity index (χ2n) is 17.3. The van der Waals surface area contributed by atoms with Crippen LogP contribution in [0.4, 0.5) is 19.3 Å². The third-order valence-corrected chi connectivity index (χ3v) is 15.3. The van der Waals surface area contributed by atoms with E-state index in [0.29, 0.717) is 26.2 Å². The van der Waals surface area contributed by atoms with Crippen molar-refractivity contribution in [3.63, 3.8) is 0 Å².